The smallest absolute Gasteiger partial charge is 0.342 e. The van der Waals surface area contributed by atoms with Crippen molar-refractivity contribution in [2.75, 3.05) is 11.9 Å². The normalized spacial score (nSPS) is 12.9. The number of phenolic OH excluding ortho intramolecular Hbond substituents is 1. The second kappa shape index (κ2) is 7.98. The Morgan fingerprint density at radius 1 is 1.26 bits per heavy atom. The van der Waals surface area contributed by atoms with Gasteiger partial charge in [0.05, 0.1) is 5.56 Å². The zero-order valence-corrected chi connectivity index (χ0v) is 15.8. The summed E-state index contributed by atoms with van der Waals surface area (Å²) in [6.07, 6.45) is 3.60. The number of hydrogen-bond acceptors (Lipinski definition) is 6. The van der Waals surface area contributed by atoms with E-state index in [1.165, 1.54) is 29.5 Å². The number of carbonyl (C=O) groups excluding carboxylic acids is 3. The second-order valence-corrected chi connectivity index (χ2v) is 7.61. The van der Waals surface area contributed by atoms with Crippen LogP contribution < -0.4 is 11.1 Å². The van der Waals surface area contributed by atoms with E-state index in [9.17, 15) is 19.5 Å². The van der Waals surface area contributed by atoms with Crippen LogP contribution >= 0.6 is 22.9 Å². The Balaban J connectivity index is 1.67. The van der Waals surface area contributed by atoms with Gasteiger partial charge in [0, 0.05) is 9.90 Å². The molecule has 0 aliphatic heterocycles. The van der Waals surface area contributed by atoms with Crippen LogP contribution in [0.1, 0.15) is 44.0 Å². The molecular weight excluding hydrogens is 392 g/mol. The van der Waals surface area contributed by atoms with Crippen LogP contribution in [0.15, 0.2) is 18.2 Å². The van der Waals surface area contributed by atoms with Gasteiger partial charge in [-0.25, -0.2) is 4.79 Å². The molecule has 1 aromatic carbocycles. The van der Waals surface area contributed by atoms with E-state index in [1.807, 2.05) is 0 Å². The fraction of sp³-hybridized carbons (Fsp3) is 0.278. The summed E-state index contributed by atoms with van der Waals surface area (Å²) in [6, 6.07) is 3.93. The van der Waals surface area contributed by atoms with Gasteiger partial charge in [0.15, 0.2) is 6.61 Å². The Morgan fingerprint density at radius 3 is 2.70 bits per heavy atom. The van der Waals surface area contributed by atoms with E-state index in [0.29, 0.717) is 10.6 Å². The molecule has 9 heteroatoms. The minimum Gasteiger partial charge on any atom is -0.507 e. The Labute approximate surface area is 164 Å². The third-order valence-corrected chi connectivity index (χ3v) is 5.63. The molecule has 0 spiro atoms. The SMILES string of the molecule is NC(=O)c1c(NC(=O)COC(=O)c2ccc(Cl)cc2O)sc2c1CCCC2. The fourth-order valence-electron chi connectivity index (χ4n) is 2.96. The van der Waals surface area contributed by atoms with Gasteiger partial charge < -0.3 is 20.9 Å². The highest BCUT2D eigenvalue weighted by Crippen LogP contribution is 2.37. The lowest BCUT2D eigenvalue weighted by atomic mass is 9.95. The number of nitrogens with two attached hydrogens (primary N) is 1. The van der Waals surface area contributed by atoms with Crippen LogP contribution in [-0.2, 0) is 22.4 Å². The first-order valence-corrected chi connectivity index (χ1v) is 9.46. The number of nitrogens with one attached hydrogen (secondary N) is 1. The van der Waals surface area contributed by atoms with Crippen molar-refractivity contribution in [1.82, 2.24) is 0 Å². The number of hydrogen-bond donors (Lipinski definition) is 3. The largest absolute Gasteiger partial charge is 0.507 e. The molecule has 4 N–H and O–H groups in total. The van der Waals surface area contributed by atoms with Crippen molar-refractivity contribution in [2.24, 2.45) is 5.73 Å². The highest BCUT2D eigenvalue weighted by Gasteiger charge is 2.25. The number of halogens is 1. The summed E-state index contributed by atoms with van der Waals surface area (Å²) >= 11 is 7.04. The van der Waals surface area contributed by atoms with Crippen molar-refractivity contribution < 1.29 is 24.2 Å². The molecule has 3 rings (SSSR count). The van der Waals surface area contributed by atoms with Gasteiger partial charge in [-0.2, -0.15) is 0 Å². The molecule has 0 unspecified atom stereocenters. The molecule has 0 atom stereocenters. The summed E-state index contributed by atoms with van der Waals surface area (Å²) in [6.45, 7) is -0.568. The number of anilines is 1. The van der Waals surface area contributed by atoms with Crippen LogP contribution in [0.4, 0.5) is 5.00 Å². The number of esters is 1. The third-order valence-electron chi connectivity index (χ3n) is 4.18. The lowest BCUT2D eigenvalue weighted by molar-refractivity contribution is -0.119. The number of thiophene rings is 1. The number of rotatable bonds is 5. The van der Waals surface area contributed by atoms with Crippen molar-refractivity contribution >= 4 is 45.7 Å². The molecule has 1 heterocycles. The number of phenols is 1. The van der Waals surface area contributed by atoms with Crippen LogP contribution in [0.3, 0.4) is 0 Å². The molecule has 27 heavy (non-hydrogen) atoms. The molecule has 2 amide bonds. The van der Waals surface area contributed by atoms with Gasteiger partial charge in [-0.05, 0) is 49.4 Å². The van der Waals surface area contributed by atoms with Gasteiger partial charge >= 0.3 is 5.97 Å². The summed E-state index contributed by atoms with van der Waals surface area (Å²) in [5.74, 6) is -2.39. The first-order valence-electron chi connectivity index (χ1n) is 8.26. The van der Waals surface area contributed by atoms with Crippen molar-refractivity contribution in [3.05, 3.63) is 44.8 Å². The van der Waals surface area contributed by atoms with Crippen molar-refractivity contribution in [2.45, 2.75) is 25.7 Å². The quantitative estimate of drug-likeness (QED) is 0.657. The number of primary amides is 1. The predicted molar refractivity (Wildman–Crippen MR) is 102 cm³/mol. The third kappa shape index (κ3) is 4.23. The van der Waals surface area contributed by atoms with Crippen LogP contribution in [0, 0.1) is 0 Å². The van der Waals surface area contributed by atoms with E-state index in [2.05, 4.69) is 5.32 Å². The summed E-state index contributed by atoms with van der Waals surface area (Å²) in [4.78, 5) is 37.0. The van der Waals surface area contributed by atoms with E-state index in [0.717, 1.165) is 36.1 Å². The number of carbonyl (C=O) groups is 3. The number of benzene rings is 1. The van der Waals surface area contributed by atoms with Gasteiger partial charge in [0.2, 0.25) is 0 Å². The molecule has 0 saturated heterocycles. The number of amides is 2. The zero-order valence-electron chi connectivity index (χ0n) is 14.2. The van der Waals surface area contributed by atoms with E-state index >= 15 is 0 Å². The summed E-state index contributed by atoms with van der Waals surface area (Å²) < 4.78 is 4.92. The molecule has 2 aromatic rings. The summed E-state index contributed by atoms with van der Waals surface area (Å²) in [7, 11) is 0. The maximum atomic E-state index is 12.2. The monoisotopic (exact) mass is 408 g/mol. The summed E-state index contributed by atoms with van der Waals surface area (Å²) in [5.41, 5.74) is 6.62. The van der Waals surface area contributed by atoms with Crippen LogP contribution in [0.2, 0.25) is 5.02 Å². The Morgan fingerprint density at radius 2 is 2.00 bits per heavy atom. The highest BCUT2D eigenvalue weighted by atomic mass is 35.5. The molecule has 0 saturated carbocycles. The van der Waals surface area contributed by atoms with Crippen molar-refractivity contribution in [3.8, 4) is 5.75 Å². The summed E-state index contributed by atoms with van der Waals surface area (Å²) in [5, 5.41) is 13.0. The molecular formula is C18H17ClN2O5S. The highest BCUT2D eigenvalue weighted by molar-refractivity contribution is 7.17. The average molecular weight is 409 g/mol. The Hall–Kier alpha value is -2.58. The van der Waals surface area contributed by atoms with E-state index in [-0.39, 0.29) is 16.3 Å². The van der Waals surface area contributed by atoms with E-state index in [4.69, 9.17) is 22.1 Å². The minimum atomic E-state index is -0.861. The maximum absolute atomic E-state index is 12.2. The van der Waals surface area contributed by atoms with Crippen LogP contribution in [0.25, 0.3) is 0 Å². The molecule has 0 fully saturated rings. The first kappa shape index (κ1) is 19.2. The fourth-order valence-corrected chi connectivity index (χ4v) is 4.44. The van der Waals surface area contributed by atoms with Crippen molar-refractivity contribution in [1.29, 1.82) is 0 Å². The predicted octanol–water partition coefficient (Wildman–Crippen LogP) is 2.88. The Bertz CT molecular complexity index is 925. The molecule has 0 bridgehead atoms. The maximum Gasteiger partial charge on any atom is 0.342 e. The number of ether oxygens (including phenoxy) is 1. The van der Waals surface area contributed by atoms with Gasteiger partial charge in [0.1, 0.15) is 16.3 Å². The molecule has 1 aliphatic rings. The van der Waals surface area contributed by atoms with Crippen LogP contribution in [-0.4, -0.2) is 29.5 Å². The van der Waals surface area contributed by atoms with Gasteiger partial charge in [-0.3, -0.25) is 9.59 Å². The minimum absolute atomic E-state index is 0.100. The van der Waals surface area contributed by atoms with Gasteiger partial charge in [-0.1, -0.05) is 11.6 Å². The van der Waals surface area contributed by atoms with Crippen LogP contribution in [0.5, 0.6) is 5.75 Å². The lowest BCUT2D eigenvalue weighted by Crippen LogP contribution is -2.23. The van der Waals surface area contributed by atoms with Crippen molar-refractivity contribution in [3.63, 3.8) is 0 Å². The van der Waals surface area contributed by atoms with Gasteiger partial charge in [-0.15, -0.1) is 11.3 Å². The zero-order chi connectivity index (χ0) is 19.6. The molecule has 1 aliphatic carbocycles. The second-order valence-electron chi connectivity index (χ2n) is 6.07. The first-order chi connectivity index (χ1) is 12.9. The van der Waals surface area contributed by atoms with E-state index in [1.54, 1.807) is 0 Å². The topological polar surface area (TPSA) is 119 Å². The molecule has 142 valence electrons. The number of aryl methyl sites for hydroxylation is 1. The standard InChI is InChI=1S/C18H17ClN2O5S/c19-9-5-6-10(12(22)7-9)18(25)26-8-14(23)21-17-15(16(20)24)11-3-1-2-4-13(11)27-17/h5-7,22H,1-4,8H2,(H2,20,24)(H,21,23). The van der Waals surface area contributed by atoms with Gasteiger partial charge in [0.25, 0.3) is 11.8 Å². The molecule has 7 nitrogen and oxygen atoms in total. The Kier molecular flexibility index (Phi) is 5.67. The number of aromatic hydroxyl groups is 1. The lowest BCUT2D eigenvalue weighted by Gasteiger charge is -2.11. The molecule has 1 aromatic heterocycles. The number of fused-ring (bicyclic) bond motifs is 1. The average Bonchev–Trinajstić information content (AvgIpc) is 2.97. The molecule has 0 radical (unpaired) electrons. The van der Waals surface area contributed by atoms with E-state index < -0.39 is 24.4 Å².